The van der Waals surface area contributed by atoms with Crippen LogP contribution in [0.5, 0.6) is 0 Å². The number of rotatable bonds is 4. The fourth-order valence-electron chi connectivity index (χ4n) is 8.75. The molecule has 0 aliphatic heterocycles. The summed E-state index contributed by atoms with van der Waals surface area (Å²) < 4.78 is 0. The van der Waals surface area contributed by atoms with Gasteiger partial charge in [0.2, 0.25) is 0 Å². The lowest BCUT2D eigenvalue weighted by molar-refractivity contribution is 1.36. The van der Waals surface area contributed by atoms with Gasteiger partial charge in [-0.2, -0.15) is 0 Å². The summed E-state index contributed by atoms with van der Waals surface area (Å²) in [5, 5.41) is 13.4. The predicted molar refractivity (Wildman–Crippen MR) is 235 cm³/mol. The van der Waals surface area contributed by atoms with Crippen molar-refractivity contribution in [3.8, 4) is 44.9 Å². The highest BCUT2D eigenvalue weighted by Crippen LogP contribution is 2.40. The van der Waals surface area contributed by atoms with Crippen molar-refractivity contribution in [2.24, 2.45) is 0 Å². The summed E-state index contributed by atoms with van der Waals surface area (Å²) >= 11 is 0. The Morgan fingerprint density at radius 1 is 0.250 bits per heavy atom. The monoisotopic (exact) mass is 709 g/mol. The summed E-state index contributed by atoms with van der Waals surface area (Å²) in [5.41, 5.74) is 11.2. The van der Waals surface area contributed by atoms with Crippen LogP contribution in [0, 0.1) is 0 Å². The molecule has 3 heterocycles. The minimum absolute atomic E-state index is 0.896. The molecule has 12 aromatic rings. The average Bonchev–Trinajstić information content (AvgIpc) is 3.27. The predicted octanol–water partition coefficient (Wildman–Crippen LogP) is 14.0. The van der Waals surface area contributed by atoms with E-state index in [9.17, 15) is 0 Å². The van der Waals surface area contributed by atoms with E-state index < -0.39 is 0 Å². The summed E-state index contributed by atoms with van der Waals surface area (Å²) in [4.78, 5) is 15.7. The molecular weight excluding hydrogens is 679 g/mol. The first-order valence-electron chi connectivity index (χ1n) is 19.1. The molecule has 0 unspecified atom stereocenters. The number of nitrogens with zero attached hydrogens (tertiary/aromatic N) is 3. The van der Waals surface area contributed by atoms with E-state index >= 15 is 0 Å². The van der Waals surface area contributed by atoms with Gasteiger partial charge in [0, 0.05) is 38.2 Å². The highest BCUT2D eigenvalue weighted by atomic mass is 14.8. The molecule has 0 fully saturated rings. The number of hydrogen-bond donors (Lipinski definition) is 0. The van der Waals surface area contributed by atoms with E-state index in [-0.39, 0.29) is 0 Å². The van der Waals surface area contributed by atoms with Gasteiger partial charge in [-0.05, 0) is 73.1 Å². The zero-order valence-corrected chi connectivity index (χ0v) is 30.2. The molecule has 56 heavy (non-hydrogen) atoms. The molecule has 0 amide bonds. The number of aromatic nitrogens is 3. The highest BCUT2D eigenvalue weighted by molar-refractivity contribution is 6.25. The maximum Gasteiger partial charge on any atom is 0.0972 e. The van der Waals surface area contributed by atoms with E-state index in [1.807, 2.05) is 0 Å². The fourth-order valence-corrected chi connectivity index (χ4v) is 8.75. The van der Waals surface area contributed by atoms with Crippen molar-refractivity contribution in [1.82, 2.24) is 15.0 Å². The number of benzene rings is 9. The first-order valence-corrected chi connectivity index (χ1v) is 19.1. The Morgan fingerprint density at radius 3 is 1.41 bits per heavy atom. The Kier molecular flexibility index (Phi) is 6.63. The van der Waals surface area contributed by atoms with Gasteiger partial charge in [0.25, 0.3) is 0 Å². The topological polar surface area (TPSA) is 38.7 Å². The molecule has 9 aromatic carbocycles. The van der Waals surface area contributed by atoms with E-state index in [4.69, 9.17) is 15.0 Å². The Hall–Kier alpha value is -7.49. The van der Waals surface area contributed by atoms with Gasteiger partial charge in [-0.1, -0.05) is 164 Å². The Morgan fingerprint density at radius 2 is 0.714 bits per heavy atom. The van der Waals surface area contributed by atoms with Gasteiger partial charge in [0.05, 0.1) is 33.6 Å². The first-order chi connectivity index (χ1) is 27.7. The molecule has 12 rings (SSSR count). The van der Waals surface area contributed by atoms with Gasteiger partial charge in [0.1, 0.15) is 0 Å². The van der Waals surface area contributed by atoms with Crippen molar-refractivity contribution < 1.29 is 0 Å². The maximum atomic E-state index is 5.27. The van der Waals surface area contributed by atoms with E-state index in [0.717, 1.165) is 71.9 Å². The molecule has 0 N–H and O–H groups in total. The third kappa shape index (κ3) is 4.81. The van der Waals surface area contributed by atoms with E-state index in [1.54, 1.807) is 0 Å². The van der Waals surface area contributed by atoms with Crippen LogP contribution < -0.4 is 0 Å². The van der Waals surface area contributed by atoms with Crippen LogP contribution in [0.4, 0.5) is 0 Å². The third-order valence-electron chi connectivity index (χ3n) is 11.6. The normalized spacial score (nSPS) is 11.9. The van der Waals surface area contributed by atoms with Crippen LogP contribution in [0.1, 0.15) is 0 Å². The molecule has 0 aliphatic carbocycles. The van der Waals surface area contributed by atoms with Crippen LogP contribution in [0.3, 0.4) is 0 Å². The van der Waals surface area contributed by atoms with Crippen LogP contribution in [0.25, 0.3) is 121 Å². The van der Waals surface area contributed by atoms with Crippen molar-refractivity contribution in [1.29, 1.82) is 0 Å². The summed E-state index contributed by atoms with van der Waals surface area (Å²) in [6, 6.07) is 67.3. The van der Waals surface area contributed by atoms with Crippen molar-refractivity contribution in [2.75, 3.05) is 0 Å². The first kappa shape index (κ1) is 30.9. The molecule has 0 spiro atoms. The van der Waals surface area contributed by atoms with Crippen LogP contribution in [-0.2, 0) is 0 Å². The Balaban J connectivity index is 0.915. The summed E-state index contributed by atoms with van der Waals surface area (Å²) in [7, 11) is 0. The standard InChI is InChI=1S/C53H31N3/c1-2-10-44-32(5-1)13-18-38-23-29-47(54-51(38)44)41-8-4-9-42(31-41)48-30-25-40-20-19-39-24-28-46(55-52(39)53(40)56-48)34-14-11-33(12-15-34)43-26-21-37-17-16-35-6-3-7-36-22-27-45(43)50(37)49(35)36/h1-31H. The van der Waals surface area contributed by atoms with Crippen LogP contribution in [0.2, 0.25) is 0 Å². The van der Waals surface area contributed by atoms with Gasteiger partial charge in [0.15, 0.2) is 0 Å². The fraction of sp³-hybridized carbons (Fsp3) is 0. The van der Waals surface area contributed by atoms with Crippen molar-refractivity contribution in [2.45, 2.75) is 0 Å². The molecule has 0 saturated carbocycles. The SMILES string of the molecule is c1cc(-c2ccc3ccc4ccccc4c3n2)cc(-c2ccc3ccc4ccc(-c5ccc(-c6ccc7ccc8cccc9ccc6c7c89)cc5)nc4c3n2)c1. The second kappa shape index (κ2) is 12.0. The minimum Gasteiger partial charge on any atom is -0.247 e. The highest BCUT2D eigenvalue weighted by Gasteiger charge is 2.14. The van der Waals surface area contributed by atoms with Crippen molar-refractivity contribution in [3.05, 3.63) is 188 Å². The molecule has 3 aromatic heterocycles. The quantitative estimate of drug-likeness (QED) is 0.171. The van der Waals surface area contributed by atoms with Crippen LogP contribution in [0.15, 0.2) is 188 Å². The number of pyridine rings is 3. The number of hydrogen-bond acceptors (Lipinski definition) is 3. The minimum atomic E-state index is 0.896. The molecule has 0 saturated heterocycles. The zero-order chi connectivity index (χ0) is 36.7. The zero-order valence-electron chi connectivity index (χ0n) is 30.2. The van der Waals surface area contributed by atoms with Gasteiger partial charge >= 0.3 is 0 Å². The Bertz CT molecular complexity index is 3510. The molecule has 258 valence electrons. The van der Waals surface area contributed by atoms with Crippen LogP contribution in [-0.4, -0.2) is 15.0 Å². The summed E-state index contributed by atoms with van der Waals surface area (Å²) in [6.45, 7) is 0. The lowest BCUT2D eigenvalue weighted by Crippen LogP contribution is -1.92. The lowest BCUT2D eigenvalue weighted by atomic mass is 9.89. The number of fused-ring (bicyclic) bond motifs is 6. The molecule has 3 nitrogen and oxygen atoms in total. The average molecular weight is 710 g/mol. The van der Waals surface area contributed by atoms with Crippen LogP contribution >= 0.6 is 0 Å². The van der Waals surface area contributed by atoms with Crippen molar-refractivity contribution >= 4 is 75.8 Å². The summed E-state index contributed by atoms with van der Waals surface area (Å²) in [6.07, 6.45) is 0. The second-order valence-electron chi connectivity index (χ2n) is 14.8. The van der Waals surface area contributed by atoms with Gasteiger partial charge < -0.3 is 0 Å². The van der Waals surface area contributed by atoms with Crippen molar-refractivity contribution in [3.63, 3.8) is 0 Å². The maximum absolute atomic E-state index is 5.27. The third-order valence-corrected chi connectivity index (χ3v) is 11.6. The molecule has 0 bridgehead atoms. The van der Waals surface area contributed by atoms with E-state index in [2.05, 4.69) is 188 Å². The van der Waals surface area contributed by atoms with E-state index in [0.29, 0.717) is 0 Å². The molecule has 0 aliphatic rings. The van der Waals surface area contributed by atoms with Gasteiger partial charge in [-0.3, -0.25) is 0 Å². The van der Waals surface area contributed by atoms with Gasteiger partial charge in [-0.25, -0.2) is 15.0 Å². The van der Waals surface area contributed by atoms with Gasteiger partial charge in [-0.15, -0.1) is 0 Å². The Labute approximate surface area is 322 Å². The summed E-state index contributed by atoms with van der Waals surface area (Å²) in [5.74, 6) is 0. The molecule has 0 radical (unpaired) electrons. The van der Waals surface area contributed by atoms with E-state index in [1.165, 1.54) is 48.8 Å². The lowest BCUT2D eigenvalue weighted by Gasteiger charge is -2.14. The smallest absolute Gasteiger partial charge is 0.0972 e. The second-order valence-corrected chi connectivity index (χ2v) is 14.8. The molecular formula is C53H31N3. The molecule has 0 atom stereocenters. The molecule has 3 heteroatoms. The largest absolute Gasteiger partial charge is 0.247 e.